The lowest BCUT2D eigenvalue weighted by Gasteiger charge is -2.19. The van der Waals surface area contributed by atoms with E-state index in [4.69, 9.17) is 16.3 Å². The number of methoxy groups -OCH3 is 1. The fourth-order valence-electron chi connectivity index (χ4n) is 3.16. The van der Waals surface area contributed by atoms with Gasteiger partial charge in [-0.3, -0.25) is 4.79 Å². The van der Waals surface area contributed by atoms with Gasteiger partial charge in [0.15, 0.2) is 11.5 Å². The Hall–Kier alpha value is -2.53. The molecule has 1 saturated carbocycles. The van der Waals surface area contributed by atoms with Gasteiger partial charge in [-0.15, -0.1) is 0 Å². The molecule has 0 radical (unpaired) electrons. The average molecular weight is 401 g/mol. The molecule has 1 amide bonds. The third-order valence-corrected chi connectivity index (χ3v) is 5.28. The van der Waals surface area contributed by atoms with Gasteiger partial charge in [0.1, 0.15) is 0 Å². The molecule has 2 aromatic rings. The third kappa shape index (κ3) is 4.47. The smallest absolute Gasteiger partial charge is 0.243 e. The molecule has 28 heavy (non-hydrogen) atoms. The standard InChI is InChI=1S/C22H25ClN2O3/c1-22(2,3)15-7-5-14(6-8-15)16-11-17(16)21(27)25-24-12-13-9-18(23)20(26)19(10-13)28-4/h5-10,12,16-17,26H,11H2,1-4H3,(H,25,27)/b24-12-. The number of carbonyl (C=O) groups is 1. The van der Waals surface area contributed by atoms with Crippen LogP contribution in [-0.2, 0) is 10.2 Å². The largest absolute Gasteiger partial charge is 0.503 e. The van der Waals surface area contributed by atoms with Crippen LogP contribution < -0.4 is 10.2 Å². The Kier molecular flexibility index (Phi) is 5.66. The van der Waals surface area contributed by atoms with E-state index in [0.717, 1.165) is 6.42 Å². The number of amides is 1. The first-order valence-electron chi connectivity index (χ1n) is 9.20. The summed E-state index contributed by atoms with van der Waals surface area (Å²) < 4.78 is 5.05. The van der Waals surface area contributed by atoms with Crippen LogP contribution in [0.1, 0.15) is 49.8 Å². The van der Waals surface area contributed by atoms with Crippen molar-refractivity contribution in [2.45, 2.75) is 38.5 Å². The number of benzene rings is 2. The lowest BCUT2D eigenvalue weighted by atomic mass is 9.86. The molecule has 0 bridgehead atoms. The summed E-state index contributed by atoms with van der Waals surface area (Å²) in [6.45, 7) is 6.55. The van der Waals surface area contributed by atoms with Crippen LogP contribution in [0.25, 0.3) is 0 Å². The Morgan fingerprint density at radius 3 is 2.57 bits per heavy atom. The van der Waals surface area contributed by atoms with E-state index in [1.807, 2.05) is 0 Å². The lowest BCUT2D eigenvalue weighted by Crippen LogP contribution is -2.20. The van der Waals surface area contributed by atoms with Crippen LogP contribution in [0.2, 0.25) is 5.02 Å². The molecule has 1 fully saturated rings. The predicted molar refractivity (Wildman–Crippen MR) is 111 cm³/mol. The zero-order chi connectivity index (χ0) is 20.5. The van der Waals surface area contributed by atoms with Crippen molar-refractivity contribution in [2.75, 3.05) is 7.11 Å². The second kappa shape index (κ2) is 7.84. The summed E-state index contributed by atoms with van der Waals surface area (Å²) in [5, 5.41) is 13.9. The van der Waals surface area contributed by atoms with Gasteiger partial charge in [0.25, 0.3) is 0 Å². The van der Waals surface area contributed by atoms with Gasteiger partial charge >= 0.3 is 0 Å². The molecule has 0 spiro atoms. The molecule has 0 saturated heterocycles. The molecule has 2 atom stereocenters. The van der Waals surface area contributed by atoms with Gasteiger partial charge in [0, 0.05) is 5.92 Å². The van der Waals surface area contributed by atoms with Gasteiger partial charge in [-0.2, -0.15) is 5.10 Å². The number of halogens is 1. The first kappa shape index (κ1) is 20.2. The van der Waals surface area contributed by atoms with Crippen LogP contribution >= 0.6 is 11.6 Å². The number of hydrogen-bond acceptors (Lipinski definition) is 4. The highest BCUT2D eigenvalue weighted by atomic mass is 35.5. The average Bonchev–Trinajstić information content (AvgIpc) is 3.44. The number of phenols is 1. The van der Waals surface area contributed by atoms with Crippen LogP contribution in [0.15, 0.2) is 41.5 Å². The Morgan fingerprint density at radius 1 is 1.29 bits per heavy atom. The lowest BCUT2D eigenvalue weighted by molar-refractivity contribution is -0.122. The SMILES string of the molecule is COc1cc(/C=N\NC(=O)C2CC2c2ccc(C(C)(C)C)cc2)cc(Cl)c1O. The Bertz CT molecular complexity index is 901. The van der Waals surface area contributed by atoms with Crippen molar-refractivity contribution in [3.8, 4) is 11.5 Å². The van der Waals surface area contributed by atoms with Gasteiger partial charge in [-0.1, -0.05) is 56.6 Å². The molecule has 2 N–H and O–H groups in total. The van der Waals surface area contributed by atoms with Gasteiger partial charge in [-0.05, 0) is 46.6 Å². The number of nitrogens with one attached hydrogen (secondary N) is 1. The minimum atomic E-state index is -0.122. The molecule has 5 nitrogen and oxygen atoms in total. The summed E-state index contributed by atoms with van der Waals surface area (Å²) >= 11 is 5.95. The van der Waals surface area contributed by atoms with E-state index in [1.165, 1.54) is 24.5 Å². The number of carbonyl (C=O) groups excluding carboxylic acids is 1. The van der Waals surface area contributed by atoms with E-state index in [1.54, 1.807) is 12.1 Å². The molecule has 0 heterocycles. The van der Waals surface area contributed by atoms with E-state index in [9.17, 15) is 9.90 Å². The summed E-state index contributed by atoms with van der Waals surface area (Å²) in [6.07, 6.45) is 2.30. The summed E-state index contributed by atoms with van der Waals surface area (Å²) in [5.41, 5.74) is 5.79. The summed E-state index contributed by atoms with van der Waals surface area (Å²) in [6, 6.07) is 11.7. The molecule has 148 valence electrons. The van der Waals surface area contributed by atoms with Crippen molar-refractivity contribution < 1.29 is 14.6 Å². The van der Waals surface area contributed by atoms with Crippen molar-refractivity contribution in [1.82, 2.24) is 5.43 Å². The Morgan fingerprint density at radius 2 is 1.96 bits per heavy atom. The number of rotatable bonds is 5. The van der Waals surface area contributed by atoms with Gasteiger partial charge in [0.05, 0.1) is 18.3 Å². The monoisotopic (exact) mass is 400 g/mol. The maximum absolute atomic E-state index is 12.3. The van der Waals surface area contributed by atoms with Crippen LogP contribution in [-0.4, -0.2) is 24.3 Å². The summed E-state index contributed by atoms with van der Waals surface area (Å²) in [7, 11) is 1.44. The number of hydrogen-bond donors (Lipinski definition) is 2. The van der Waals surface area contributed by atoms with Gasteiger partial charge in [0.2, 0.25) is 5.91 Å². The molecule has 1 aliphatic carbocycles. The third-order valence-electron chi connectivity index (χ3n) is 4.99. The van der Waals surface area contributed by atoms with Crippen LogP contribution in [0.4, 0.5) is 0 Å². The highest BCUT2D eigenvalue weighted by Gasteiger charge is 2.44. The first-order valence-corrected chi connectivity index (χ1v) is 9.58. The quantitative estimate of drug-likeness (QED) is 0.569. The number of ether oxygens (including phenoxy) is 1. The molecule has 3 rings (SSSR count). The van der Waals surface area contributed by atoms with E-state index >= 15 is 0 Å². The molecule has 2 unspecified atom stereocenters. The minimum absolute atomic E-state index is 0.0596. The van der Waals surface area contributed by atoms with E-state index < -0.39 is 0 Å². The zero-order valence-corrected chi connectivity index (χ0v) is 17.2. The predicted octanol–water partition coefficient (Wildman–Crippen LogP) is 4.61. The summed E-state index contributed by atoms with van der Waals surface area (Å²) in [4.78, 5) is 12.3. The molecule has 2 aromatic carbocycles. The maximum Gasteiger partial charge on any atom is 0.243 e. The van der Waals surface area contributed by atoms with Crippen molar-refractivity contribution >= 4 is 23.7 Å². The topological polar surface area (TPSA) is 70.9 Å². The Labute approximate surface area is 170 Å². The van der Waals surface area contributed by atoms with E-state index in [2.05, 4.69) is 55.6 Å². The molecular formula is C22H25ClN2O3. The van der Waals surface area contributed by atoms with Gasteiger partial charge in [-0.25, -0.2) is 5.43 Å². The van der Waals surface area contributed by atoms with Crippen molar-refractivity contribution in [2.24, 2.45) is 11.0 Å². The number of phenolic OH excluding ortho intramolecular Hbond substituents is 1. The van der Waals surface area contributed by atoms with E-state index in [-0.39, 0.29) is 39.7 Å². The molecule has 6 heteroatoms. The van der Waals surface area contributed by atoms with E-state index in [0.29, 0.717) is 5.56 Å². The molecule has 0 aromatic heterocycles. The number of nitrogens with zero attached hydrogens (tertiary/aromatic N) is 1. The fourth-order valence-corrected chi connectivity index (χ4v) is 3.38. The second-order valence-corrected chi connectivity index (χ2v) is 8.52. The fraction of sp³-hybridized carbons (Fsp3) is 0.364. The minimum Gasteiger partial charge on any atom is -0.503 e. The normalized spacial score (nSPS) is 18.9. The van der Waals surface area contributed by atoms with Crippen molar-refractivity contribution in [3.05, 3.63) is 58.1 Å². The van der Waals surface area contributed by atoms with Crippen LogP contribution in [0, 0.1) is 5.92 Å². The highest BCUT2D eigenvalue weighted by molar-refractivity contribution is 6.32. The van der Waals surface area contributed by atoms with Crippen LogP contribution in [0.5, 0.6) is 11.5 Å². The second-order valence-electron chi connectivity index (χ2n) is 8.11. The first-order chi connectivity index (χ1) is 13.2. The van der Waals surface area contributed by atoms with Crippen molar-refractivity contribution in [3.63, 3.8) is 0 Å². The molecule has 0 aliphatic heterocycles. The Balaban J connectivity index is 1.58. The van der Waals surface area contributed by atoms with Crippen molar-refractivity contribution in [1.29, 1.82) is 0 Å². The maximum atomic E-state index is 12.3. The number of aromatic hydroxyl groups is 1. The summed E-state index contributed by atoms with van der Waals surface area (Å²) in [5.74, 6) is 0.214. The highest BCUT2D eigenvalue weighted by Crippen LogP contribution is 2.47. The zero-order valence-electron chi connectivity index (χ0n) is 16.5. The molecular weight excluding hydrogens is 376 g/mol. The molecule has 1 aliphatic rings. The number of hydrazone groups is 1. The van der Waals surface area contributed by atoms with Gasteiger partial charge < -0.3 is 9.84 Å². The van der Waals surface area contributed by atoms with Crippen LogP contribution in [0.3, 0.4) is 0 Å².